The van der Waals surface area contributed by atoms with Crippen molar-refractivity contribution in [3.05, 3.63) is 41.0 Å². The van der Waals surface area contributed by atoms with Crippen molar-refractivity contribution in [2.45, 2.75) is 52.1 Å². The Morgan fingerprint density at radius 1 is 1.24 bits per heavy atom. The monoisotopic (exact) mass is 400 g/mol. The molecule has 0 saturated carbocycles. The number of likely N-dealkylation sites (N-methyl/N-ethyl adjacent to an activating group) is 1. The zero-order valence-corrected chi connectivity index (χ0v) is 18.6. The van der Waals surface area contributed by atoms with Crippen LogP contribution < -0.4 is 9.47 Å². The first-order valence-electron chi connectivity index (χ1n) is 10.7. The first-order valence-corrected chi connectivity index (χ1v) is 10.7. The summed E-state index contributed by atoms with van der Waals surface area (Å²) in [4.78, 5) is 13.2. The molecule has 6 nitrogen and oxygen atoms in total. The largest absolute Gasteiger partial charge is 0.493 e. The van der Waals surface area contributed by atoms with E-state index in [1.54, 1.807) is 14.2 Å². The first kappa shape index (κ1) is 21.7. The van der Waals surface area contributed by atoms with Gasteiger partial charge in [-0.1, -0.05) is 13.0 Å². The third kappa shape index (κ3) is 5.52. The van der Waals surface area contributed by atoms with Crippen LogP contribution in [-0.4, -0.2) is 66.7 Å². The zero-order valence-electron chi connectivity index (χ0n) is 18.6. The number of imidazole rings is 1. The lowest BCUT2D eigenvalue weighted by atomic mass is 10.0. The fourth-order valence-electron chi connectivity index (χ4n) is 4.16. The second-order valence-corrected chi connectivity index (χ2v) is 8.06. The lowest BCUT2D eigenvalue weighted by molar-refractivity contribution is 0.111. The Labute approximate surface area is 175 Å². The van der Waals surface area contributed by atoms with Crippen molar-refractivity contribution in [3.8, 4) is 11.5 Å². The third-order valence-corrected chi connectivity index (χ3v) is 6.05. The number of methoxy groups -OCH3 is 2. The molecule has 0 bridgehead atoms. The molecule has 1 aromatic heterocycles. The lowest BCUT2D eigenvalue weighted by Crippen LogP contribution is -2.46. The van der Waals surface area contributed by atoms with Crippen molar-refractivity contribution >= 4 is 0 Å². The minimum absolute atomic E-state index is 0.591. The fraction of sp³-hybridized carbons (Fsp3) is 0.609. The summed E-state index contributed by atoms with van der Waals surface area (Å²) < 4.78 is 10.8. The molecule has 0 aliphatic carbocycles. The van der Waals surface area contributed by atoms with Crippen molar-refractivity contribution in [2.24, 2.45) is 0 Å². The molecule has 1 saturated heterocycles. The van der Waals surface area contributed by atoms with Gasteiger partial charge in [-0.15, -0.1) is 0 Å². The molecule has 0 amide bonds. The van der Waals surface area contributed by atoms with E-state index in [1.165, 1.54) is 29.8 Å². The minimum Gasteiger partial charge on any atom is -0.493 e. The normalized spacial score (nSPS) is 17.7. The van der Waals surface area contributed by atoms with Crippen molar-refractivity contribution in [2.75, 3.05) is 40.9 Å². The maximum Gasteiger partial charge on any atom is 0.160 e. The van der Waals surface area contributed by atoms with E-state index in [0.29, 0.717) is 6.04 Å². The summed E-state index contributed by atoms with van der Waals surface area (Å²) in [6, 6.07) is 6.81. The molecule has 160 valence electrons. The van der Waals surface area contributed by atoms with Crippen LogP contribution >= 0.6 is 0 Å². The molecule has 1 atom stereocenters. The quantitative estimate of drug-likeness (QED) is 0.699. The van der Waals surface area contributed by atoms with E-state index < -0.39 is 0 Å². The highest BCUT2D eigenvalue weighted by molar-refractivity contribution is 5.42. The molecule has 1 unspecified atom stereocenters. The number of aromatic amines is 1. The number of piperidine rings is 1. The first-order chi connectivity index (χ1) is 14.0. The smallest absolute Gasteiger partial charge is 0.160 e. The summed E-state index contributed by atoms with van der Waals surface area (Å²) in [5.74, 6) is 2.68. The van der Waals surface area contributed by atoms with Gasteiger partial charge in [-0.25, -0.2) is 4.98 Å². The van der Waals surface area contributed by atoms with Gasteiger partial charge in [-0.2, -0.15) is 0 Å². The standard InChI is InChI=1S/C23H36N4O2/c1-6-23-24-17(2)20(25-23)16-27-12-7-8-19(15-27)26(3)13-11-18-9-10-21(28-4)22(14-18)29-5/h9-10,14,19H,6-8,11-13,15-16H2,1-5H3,(H,24,25). The van der Waals surface area contributed by atoms with Crippen LogP contribution in [0.4, 0.5) is 0 Å². The number of H-pyrrole nitrogens is 1. The fourth-order valence-corrected chi connectivity index (χ4v) is 4.16. The highest BCUT2D eigenvalue weighted by Gasteiger charge is 2.24. The van der Waals surface area contributed by atoms with Crippen molar-refractivity contribution in [1.82, 2.24) is 19.8 Å². The molecule has 1 aliphatic rings. The average Bonchev–Trinajstić information content (AvgIpc) is 3.11. The van der Waals surface area contributed by atoms with Crippen LogP contribution in [0.15, 0.2) is 18.2 Å². The number of rotatable bonds is 9. The zero-order chi connectivity index (χ0) is 20.8. The highest BCUT2D eigenvalue weighted by atomic mass is 16.5. The molecule has 0 spiro atoms. The van der Waals surface area contributed by atoms with E-state index in [2.05, 4.69) is 47.8 Å². The van der Waals surface area contributed by atoms with E-state index in [0.717, 1.165) is 56.3 Å². The molecule has 0 radical (unpaired) electrons. The van der Waals surface area contributed by atoms with Gasteiger partial charge in [-0.05, 0) is 57.5 Å². The van der Waals surface area contributed by atoms with Crippen LogP contribution in [0, 0.1) is 6.92 Å². The van der Waals surface area contributed by atoms with Crippen LogP contribution in [0.2, 0.25) is 0 Å². The number of ether oxygens (including phenoxy) is 2. The third-order valence-electron chi connectivity index (χ3n) is 6.05. The summed E-state index contributed by atoms with van der Waals surface area (Å²) in [7, 11) is 5.62. The van der Waals surface area contributed by atoms with Gasteiger partial charge in [0.25, 0.3) is 0 Å². The molecular formula is C23H36N4O2. The Kier molecular flexibility index (Phi) is 7.56. The predicted molar refractivity (Wildman–Crippen MR) is 117 cm³/mol. The van der Waals surface area contributed by atoms with Gasteiger partial charge >= 0.3 is 0 Å². The molecule has 1 aliphatic heterocycles. The number of hydrogen-bond donors (Lipinski definition) is 1. The summed E-state index contributed by atoms with van der Waals surface area (Å²) >= 11 is 0. The Bertz CT molecular complexity index is 789. The molecule has 3 rings (SSSR count). The van der Waals surface area contributed by atoms with Crippen molar-refractivity contribution < 1.29 is 9.47 Å². The minimum atomic E-state index is 0.591. The van der Waals surface area contributed by atoms with E-state index in [1.807, 2.05) is 6.07 Å². The molecule has 29 heavy (non-hydrogen) atoms. The van der Waals surface area contributed by atoms with Gasteiger partial charge in [0.05, 0.1) is 19.9 Å². The molecule has 1 N–H and O–H groups in total. The second kappa shape index (κ2) is 10.1. The number of benzene rings is 1. The van der Waals surface area contributed by atoms with Gasteiger partial charge in [0.15, 0.2) is 11.5 Å². The molecule has 1 fully saturated rings. The summed E-state index contributed by atoms with van der Waals surface area (Å²) in [5.41, 5.74) is 3.70. The Morgan fingerprint density at radius 3 is 2.72 bits per heavy atom. The predicted octanol–water partition coefficient (Wildman–Crippen LogP) is 3.44. The molecule has 2 aromatic rings. The summed E-state index contributed by atoms with van der Waals surface area (Å²) in [6.45, 7) is 8.53. The van der Waals surface area contributed by atoms with Gasteiger partial charge < -0.3 is 19.4 Å². The van der Waals surface area contributed by atoms with Crippen LogP contribution in [0.5, 0.6) is 11.5 Å². The van der Waals surface area contributed by atoms with Crippen molar-refractivity contribution in [3.63, 3.8) is 0 Å². The molecular weight excluding hydrogens is 364 g/mol. The molecule has 1 aromatic carbocycles. The molecule has 6 heteroatoms. The van der Waals surface area contributed by atoms with Gasteiger partial charge in [0.2, 0.25) is 0 Å². The average molecular weight is 401 g/mol. The maximum absolute atomic E-state index is 5.44. The topological polar surface area (TPSA) is 53.6 Å². The van der Waals surface area contributed by atoms with E-state index in [-0.39, 0.29) is 0 Å². The Balaban J connectivity index is 1.54. The van der Waals surface area contributed by atoms with Gasteiger partial charge in [0.1, 0.15) is 5.82 Å². The number of nitrogens with one attached hydrogen (secondary N) is 1. The summed E-state index contributed by atoms with van der Waals surface area (Å²) in [6.07, 6.45) is 4.47. The van der Waals surface area contributed by atoms with Gasteiger partial charge in [0, 0.05) is 37.8 Å². The lowest BCUT2D eigenvalue weighted by Gasteiger charge is -2.37. The SMILES string of the molecule is CCc1nc(CN2CCCC(N(C)CCc3ccc(OC)c(OC)c3)C2)c(C)[nH]1. The van der Waals surface area contributed by atoms with Crippen LogP contribution in [0.25, 0.3) is 0 Å². The van der Waals surface area contributed by atoms with Crippen LogP contribution in [-0.2, 0) is 19.4 Å². The van der Waals surface area contributed by atoms with Crippen LogP contribution in [0.3, 0.4) is 0 Å². The van der Waals surface area contributed by atoms with E-state index in [4.69, 9.17) is 14.5 Å². The highest BCUT2D eigenvalue weighted by Crippen LogP contribution is 2.28. The van der Waals surface area contributed by atoms with E-state index >= 15 is 0 Å². The van der Waals surface area contributed by atoms with Crippen molar-refractivity contribution in [1.29, 1.82) is 0 Å². The Hall–Kier alpha value is -2.05. The van der Waals surface area contributed by atoms with E-state index in [9.17, 15) is 0 Å². The number of aryl methyl sites for hydroxylation is 2. The number of hydrogen-bond acceptors (Lipinski definition) is 5. The second-order valence-electron chi connectivity index (χ2n) is 8.06. The number of aromatic nitrogens is 2. The van der Waals surface area contributed by atoms with Crippen LogP contribution in [0.1, 0.15) is 42.5 Å². The summed E-state index contributed by atoms with van der Waals surface area (Å²) in [5, 5.41) is 0. The molecule has 2 heterocycles. The number of nitrogens with zero attached hydrogens (tertiary/aromatic N) is 3. The van der Waals surface area contributed by atoms with Gasteiger partial charge in [-0.3, -0.25) is 4.90 Å². The number of likely N-dealkylation sites (tertiary alicyclic amines) is 1. The Morgan fingerprint density at radius 2 is 2.03 bits per heavy atom. The maximum atomic E-state index is 5.44.